The molecular weight excluding hydrogens is 616 g/mol. The Hall–Kier alpha value is -1.94. The summed E-state index contributed by atoms with van der Waals surface area (Å²) in [5, 5.41) is 0.0685. The van der Waals surface area contributed by atoms with Crippen LogP contribution in [0.4, 0.5) is 5.69 Å². The molecule has 10 heteroatoms. The molecule has 2 aromatic rings. The zero-order valence-corrected chi connectivity index (χ0v) is 28.0. The highest BCUT2D eigenvalue weighted by atomic mass is 35.5. The van der Waals surface area contributed by atoms with E-state index in [1.54, 1.807) is 13.0 Å². The number of amides is 1. The fourth-order valence-electron chi connectivity index (χ4n) is 8.41. The van der Waals surface area contributed by atoms with Crippen LogP contribution in [0.1, 0.15) is 80.3 Å². The topological polar surface area (TPSA) is 84.9 Å². The van der Waals surface area contributed by atoms with Crippen molar-refractivity contribution < 1.29 is 22.7 Å². The van der Waals surface area contributed by atoms with Crippen molar-refractivity contribution in [3.05, 3.63) is 58.1 Å². The molecule has 0 radical (unpaired) electrons. The van der Waals surface area contributed by atoms with Crippen LogP contribution in [-0.2, 0) is 26.6 Å². The summed E-state index contributed by atoms with van der Waals surface area (Å²) in [5.74, 6) is 1.95. The molecule has 2 aliphatic carbocycles. The summed E-state index contributed by atoms with van der Waals surface area (Å²) in [7, 11) is -3.86. The molecule has 6 atom stereocenters. The number of benzene rings is 2. The zero-order valence-electron chi connectivity index (χ0n) is 25.6. The van der Waals surface area contributed by atoms with Crippen LogP contribution in [0.5, 0.6) is 5.75 Å². The molecule has 7 rings (SSSR count). The third kappa shape index (κ3) is 5.43. The largest absolute Gasteiger partial charge is 0.490 e. The van der Waals surface area contributed by atoms with Gasteiger partial charge in [-0.05, 0) is 112 Å². The highest BCUT2D eigenvalue weighted by Crippen LogP contribution is 2.55. The first kappa shape index (κ1) is 30.7. The summed E-state index contributed by atoms with van der Waals surface area (Å²) in [6, 6.07) is 11.7. The van der Waals surface area contributed by atoms with Crippen LogP contribution in [0.15, 0.2) is 36.4 Å². The maximum atomic E-state index is 13.5. The number of sulfonamides is 1. The number of hydrogen-bond donors (Lipinski definition) is 1. The van der Waals surface area contributed by atoms with Crippen molar-refractivity contribution in [2.24, 2.45) is 17.8 Å². The van der Waals surface area contributed by atoms with E-state index in [-0.39, 0.29) is 16.3 Å². The van der Waals surface area contributed by atoms with Gasteiger partial charge in [-0.3, -0.25) is 4.79 Å². The molecule has 2 bridgehead atoms. The molecule has 2 aromatic carbocycles. The van der Waals surface area contributed by atoms with Crippen LogP contribution in [0.3, 0.4) is 0 Å². The Balaban J connectivity index is 1.31. The molecule has 3 heterocycles. The molecule has 7 nitrogen and oxygen atoms in total. The van der Waals surface area contributed by atoms with E-state index < -0.39 is 21.2 Å². The first-order valence-corrected chi connectivity index (χ1v) is 19.1. The van der Waals surface area contributed by atoms with Gasteiger partial charge in [0.1, 0.15) is 10.7 Å². The number of nitrogens with zero attached hydrogens (tertiary/aromatic N) is 1. The lowest BCUT2D eigenvalue weighted by molar-refractivity contribution is -0.0573. The fourth-order valence-corrected chi connectivity index (χ4v) is 11.4. The quantitative estimate of drug-likeness (QED) is 0.343. The maximum Gasteiger partial charge on any atom is 0.264 e. The number of hydrogen-bond acceptors (Lipinski definition) is 7. The van der Waals surface area contributed by atoms with Crippen molar-refractivity contribution in [3.8, 4) is 5.75 Å². The number of ether oxygens (including phenoxy) is 2. The Morgan fingerprint density at radius 2 is 1.93 bits per heavy atom. The SMILES string of the molecule is C[C@@H]1[C@@H](C)CCC[C@@]2(OCCS2)[C@@H]2CC[C@H]2CN2C[C@@]3(CCCc4cc(Cl)ccc43)COc3ccc(cc32)C(=O)NS1(=O)=O. The molecule has 2 fully saturated rings. The molecule has 1 N–H and O–H groups in total. The highest BCUT2D eigenvalue weighted by Gasteiger charge is 2.52. The van der Waals surface area contributed by atoms with Crippen LogP contribution in [-0.4, -0.2) is 56.6 Å². The Morgan fingerprint density at radius 3 is 2.70 bits per heavy atom. The van der Waals surface area contributed by atoms with Gasteiger partial charge in [0.15, 0.2) is 0 Å². The van der Waals surface area contributed by atoms with Crippen LogP contribution >= 0.6 is 23.4 Å². The number of thioether (sulfide) groups is 1. The summed E-state index contributed by atoms with van der Waals surface area (Å²) in [4.78, 5) is 15.7. The number of anilines is 1. The van der Waals surface area contributed by atoms with Gasteiger partial charge in [-0.2, -0.15) is 0 Å². The minimum absolute atomic E-state index is 0.0887. The van der Waals surface area contributed by atoms with E-state index in [2.05, 4.69) is 21.8 Å². The molecule has 44 heavy (non-hydrogen) atoms. The van der Waals surface area contributed by atoms with Crippen molar-refractivity contribution in [2.45, 2.75) is 80.8 Å². The summed E-state index contributed by atoms with van der Waals surface area (Å²) in [5.41, 5.74) is 3.57. The number of nitrogens with one attached hydrogen (secondary N) is 1. The van der Waals surface area contributed by atoms with E-state index in [4.69, 9.17) is 21.1 Å². The predicted octanol–water partition coefficient (Wildman–Crippen LogP) is 6.57. The standard InChI is InChI=1S/C34H43ClN2O5S2/c1-22-5-3-14-34(42-15-16-43-34)29-10-7-26(29)19-37-20-33(13-4-6-24-17-27(35)9-11-28(24)33)21-41-31-12-8-25(18-30(31)37)32(38)36-44(39,40)23(22)2/h8-9,11-12,17-18,22-23,26,29H,3-7,10,13-16,19-21H2,1-2H3,(H,36,38)/t22-,23+,26-,29+,33-,34-/m0/s1. The smallest absolute Gasteiger partial charge is 0.264 e. The lowest BCUT2D eigenvalue weighted by Crippen LogP contribution is -2.52. The van der Waals surface area contributed by atoms with Gasteiger partial charge in [0.2, 0.25) is 10.0 Å². The van der Waals surface area contributed by atoms with Crippen molar-refractivity contribution >= 4 is 45.0 Å². The molecular formula is C34H43ClN2O5S2. The highest BCUT2D eigenvalue weighted by molar-refractivity contribution is 8.00. The first-order valence-electron chi connectivity index (χ1n) is 16.2. The second kappa shape index (κ2) is 11.7. The predicted molar refractivity (Wildman–Crippen MR) is 176 cm³/mol. The molecule has 238 valence electrons. The average Bonchev–Trinajstić information content (AvgIpc) is 3.38. The minimum atomic E-state index is -3.86. The van der Waals surface area contributed by atoms with E-state index in [1.165, 1.54) is 11.1 Å². The molecule has 0 unspecified atom stereocenters. The monoisotopic (exact) mass is 658 g/mol. The van der Waals surface area contributed by atoms with E-state index in [0.29, 0.717) is 24.0 Å². The summed E-state index contributed by atoms with van der Waals surface area (Å²) in [6.45, 7) is 6.60. The fraction of sp³-hybridized carbons (Fsp3) is 0.618. The van der Waals surface area contributed by atoms with Crippen LogP contribution in [0, 0.1) is 17.8 Å². The zero-order chi connectivity index (χ0) is 30.7. The van der Waals surface area contributed by atoms with Crippen LogP contribution in [0.25, 0.3) is 0 Å². The maximum absolute atomic E-state index is 13.5. The van der Waals surface area contributed by atoms with E-state index >= 15 is 0 Å². The second-order valence-corrected chi connectivity index (χ2v) is 17.7. The lowest BCUT2D eigenvalue weighted by Gasteiger charge is -2.50. The van der Waals surface area contributed by atoms with Crippen molar-refractivity contribution in [1.29, 1.82) is 0 Å². The van der Waals surface area contributed by atoms with Crippen molar-refractivity contribution in [3.63, 3.8) is 0 Å². The van der Waals surface area contributed by atoms with E-state index in [1.807, 2.05) is 36.9 Å². The third-order valence-corrected chi connectivity index (χ3v) is 14.9. The number of rotatable bonds is 0. The molecule has 1 saturated carbocycles. The number of fused-ring (bicyclic) bond motifs is 5. The molecule has 1 saturated heterocycles. The second-order valence-electron chi connectivity index (χ2n) is 13.8. The number of aryl methyl sites for hydroxylation is 1. The van der Waals surface area contributed by atoms with Crippen molar-refractivity contribution in [2.75, 3.05) is 37.0 Å². The van der Waals surface area contributed by atoms with Gasteiger partial charge >= 0.3 is 0 Å². The van der Waals surface area contributed by atoms with Gasteiger partial charge in [0.05, 0.1) is 24.2 Å². The number of halogens is 1. The molecule has 1 amide bonds. The van der Waals surface area contributed by atoms with Gasteiger partial charge < -0.3 is 14.4 Å². The summed E-state index contributed by atoms with van der Waals surface area (Å²) >= 11 is 8.41. The van der Waals surface area contributed by atoms with E-state index in [0.717, 1.165) is 93.3 Å². The van der Waals surface area contributed by atoms with Crippen LogP contribution in [0.2, 0.25) is 5.02 Å². The Kier molecular flexibility index (Phi) is 8.16. The Bertz CT molecular complexity index is 1540. The molecule has 3 aliphatic heterocycles. The van der Waals surface area contributed by atoms with Crippen molar-refractivity contribution in [1.82, 2.24) is 4.72 Å². The van der Waals surface area contributed by atoms with Gasteiger partial charge in [0, 0.05) is 40.8 Å². The Labute approximate surface area is 270 Å². The minimum Gasteiger partial charge on any atom is -0.490 e. The van der Waals surface area contributed by atoms with Gasteiger partial charge in [-0.25, -0.2) is 13.1 Å². The average molecular weight is 659 g/mol. The lowest BCUT2D eigenvalue weighted by atomic mass is 9.67. The van der Waals surface area contributed by atoms with Crippen LogP contribution < -0.4 is 14.4 Å². The number of carbonyl (C=O) groups excluding carboxylic acids is 1. The van der Waals surface area contributed by atoms with Gasteiger partial charge in [-0.15, -0.1) is 11.8 Å². The Morgan fingerprint density at radius 1 is 1.07 bits per heavy atom. The summed E-state index contributed by atoms with van der Waals surface area (Å²) < 4.78 is 42.3. The van der Waals surface area contributed by atoms with E-state index in [9.17, 15) is 13.2 Å². The third-order valence-electron chi connectivity index (χ3n) is 11.2. The number of carbonyl (C=O) groups is 1. The molecule has 2 spiro atoms. The van der Waals surface area contributed by atoms with Gasteiger partial charge in [0.25, 0.3) is 5.91 Å². The molecule has 5 aliphatic rings. The summed E-state index contributed by atoms with van der Waals surface area (Å²) in [6.07, 6.45) is 7.94. The van der Waals surface area contributed by atoms with Gasteiger partial charge in [-0.1, -0.05) is 24.6 Å². The normalized spacial score (nSPS) is 35.2. The first-order chi connectivity index (χ1) is 21.1. The molecule has 0 aromatic heterocycles.